The van der Waals surface area contributed by atoms with Crippen molar-refractivity contribution in [3.63, 3.8) is 0 Å². The van der Waals surface area contributed by atoms with Crippen LogP contribution in [0.1, 0.15) is 31.1 Å². The van der Waals surface area contributed by atoms with Crippen LogP contribution in [0.2, 0.25) is 0 Å². The van der Waals surface area contributed by atoms with Gasteiger partial charge in [-0.15, -0.1) is 0 Å². The normalized spacial score (nSPS) is 10.8. The molecule has 0 atom stereocenters. The number of carbonyl (C=O) groups is 3. The minimum atomic E-state index is -1.06. The Kier molecular flexibility index (Phi) is 5.71. The number of carboxylic acid groups (broad SMARTS) is 1. The molecule has 3 N–H and O–H groups in total. The number of carboxylic acids is 1. The van der Waals surface area contributed by atoms with Crippen LogP contribution in [0.4, 0.5) is 4.79 Å². The first-order chi connectivity index (χ1) is 9.67. The number of aromatic nitrogens is 1. The maximum atomic E-state index is 11.6. The Labute approximate surface area is 126 Å². The summed E-state index contributed by atoms with van der Waals surface area (Å²) < 4.78 is 0. The Morgan fingerprint density at radius 1 is 1.33 bits per heavy atom. The molecule has 1 aromatic heterocycles. The molecule has 0 spiro atoms. The Hall–Kier alpha value is -2.09. The molecule has 0 aliphatic heterocycles. The van der Waals surface area contributed by atoms with E-state index < -0.39 is 23.4 Å². The van der Waals surface area contributed by atoms with Crippen LogP contribution in [0.15, 0.2) is 23.4 Å². The van der Waals surface area contributed by atoms with Crippen molar-refractivity contribution in [1.29, 1.82) is 0 Å². The Morgan fingerprint density at radius 2 is 2.00 bits per heavy atom. The second kappa shape index (κ2) is 7.07. The van der Waals surface area contributed by atoms with E-state index in [1.807, 2.05) is 0 Å². The molecular weight excluding hydrogens is 294 g/mol. The Bertz CT molecular complexity index is 555. The Morgan fingerprint density at radius 3 is 2.57 bits per heavy atom. The fourth-order valence-corrected chi connectivity index (χ4v) is 1.99. The number of rotatable bonds is 4. The van der Waals surface area contributed by atoms with Gasteiger partial charge in [-0.25, -0.2) is 14.6 Å². The molecule has 7 nitrogen and oxygen atoms in total. The van der Waals surface area contributed by atoms with Gasteiger partial charge in [-0.1, -0.05) is 11.8 Å². The molecule has 0 aliphatic rings. The first-order valence-corrected chi connectivity index (χ1v) is 7.10. The molecule has 0 saturated carbocycles. The summed E-state index contributed by atoms with van der Waals surface area (Å²) in [7, 11) is 0. The third-order valence-corrected chi connectivity index (χ3v) is 3.00. The second-order valence-corrected chi connectivity index (χ2v) is 6.22. The van der Waals surface area contributed by atoms with E-state index in [1.54, 1.807) is 20.8 Å². The Balaban J connectivity index is 2.48. The molecule has 21 heavy (non-hydrogen) atoms. The number of hydrogen-bond acceptors (Lipinski definition) is 5. The molecule has 0 unspecified atom stereocenters. The summed E-state index contributed by atoms with van der Waals surface area (Å²) in [4.78, 5) is 37.8. The van der Waals surface area contributed by atoms with Crippen LogP contribution in [0.5, 0.6) is 0 Å². The maximum absolute atomic E-state index is 11.6. The zero-order valence-electron chi connectivity index (χ0n) is 12.0. The molecule has 0 aliphatic carbocycles. The van der Waals surface area contributed by atoms with E-state index in [4.69, 9.17) is 5.11 Å². The summed E-state index contributed by atoms with van der Waals surface area (Å²) in [5, 5.41) is 14.0. The lowest BCUT2D eigenvalue weighted by Crippen LogP contribution is -2.48. The quantitative estimate of drug-likeness (QED) is 0.727. The number of urea groups is 1. The number of carbonyl (C=O) groups excluding carboxylic acids is 2. The van der Waals surface area contributed by atoms with Crippen molar-refractivity contribution in [2.45, 2.75) is 31.3 Å². The number of thioether (sulfide) groups is 1. The van der Waals surface area contributed by atoms with E-state index >= 15 is 0 Å². The molecule has 0 aromatic carbocycles. The second-order valence-electron chi connectivity index (χ2n) is 5.23. The topological polar surface area (TPSA) is 108 Å². The highest BCUT2D eigenvalue weighted by Gasteiger charge is 2.16. The highest BCUT2D eigenvalue weighted by atomic mass is 32.2. The van der Waals surface area contributed by atoms with Gasteiger partial charge in [-0.2, -0.15) is 0 Å². The lowest BCUT2D eigenvalue weighted by molar-refractivity contribution is -0.117. The van der Waals surface area contributed by atoms with Crippen LogP contribution in [0.3, 0.4) is 0 Å². The minimum absolute atomic E-state index is 0.0341. The summed E-state index contributed by atoms with van der Waals surface area (Å²) in [5.74, 6) is -1.58. The minimum Gasteiger partial charge on any atom is -0.478 e. The van der Waals surface area contributed by atoms with E-state index in [2.05, 4.69) is 15.6 Å². The average molecular weight is 311 g/mol. The molecule has 0 fully saturated rings. The van der Waals surface area contributed by atoms with Crippen LogP contribution in [0, 0.1) is 0 Å². The third kappa shape index (κ3) is 6.75. The van der Waals surface area contributed by atoms with Crippen LogP contribution in [0.25, 0.3) is 0 Å². The van der Waals surface area contributed by atoms with Gasteiger partial charge in [0.25, 0.3) is 0 Å². The van der Waals surface area contributed by atoms with Crippen molar-refractivity contribution in [2.75, 3.05) is 5.75 Å². The number of hydrogen-bond donors (Lipinski definition) is 3. The summed E-state index contributed by atoms with van der Waals surface area (Å²) >= 11 is 1.05. The molecule has 1 rings (SSSR count). The number of aromatic carboxylic acids is 1. The standard InChI is InChI=1S/C13H17N3O4S/c1-13(2,3)16-12(20)15-9(17)7-21-10-6-8(11(18)19)4-5-14-10/h4-6H,7H2,1-3H3,(H,18,19)(H2,15,16,17,20). The van der Waals surface area contributed by atoms with Gasteiger partial charge < -0.3 is 10.4 Å². The maximum Gasteiger partial charge on any atom is 0.335 e. The van der Waals surface area contributed by atoms with Gasteiger partial charge in [0.15, 0.2) is 0 Å². The van der Waals surface area contributed by atoms with Gasteiger partial charge in [-0.3, -0.25) is 10.1 Å². The summed E-state index contributed by atoms with van der Waals surface area (Å²) in [6.07, 6.45) is 1.36. The van der Waals surface area contributed by atoms with Gasteiger partial charge in [-0.05, 0) is 32.9 Å². The van der Waals surface area contributed by atoms with Crippen LogP contribution < -0.4 is 10.6 Å². The molecular formula is C13H17N3O4S. The van der Waals surface area contributed by atoms with Crippen molar-refractivity contribution in [3.05, 3.63) is 23.9 Å². The largest absolute Gasteiger partial charge is 0.478 e. The highest BCUT2D eigenvalue weighted by molar-refractivity contribution is 7.99. The van der Waals surface area contributed by atoms with Gasteiger partial charge in [0, 0.05) is 11.7 Å². The van der Waals surface area contributed by atoms with Crippen molar-refractivity contribution in [3.8, 4) is 0 Å². The fraction of sp³-hybridized carbons (Fsp3) is 0.385. The van der Waals surface area contributed by atoms with E-state index in [0.29, 0.717) is 5.03 Å². The average Bonchev–Trinajstić information content (AvgIpc) is 2.34. The lowest BCUT2D eigenvalue weighted by atomic mass is 10.1. The van der Waals surface area contributed by atoms with Gasteiger partial charge in [0.2, 0.25) is 5.91 Å². The van der Waals surface area contributed by atoms with Crippen LogP contribution in [-0.4, -0.2) is 39.3 Å². The monoisotopic (exact) mass is 311 g/mol. The molecule has 1 heterocycles. The SMILES string of the molecule is CC(C)(C)NC(=O)NC(=O)CSc1cc(C(=O)O)ccn1. The number of nitrogens with zero attached hydrogens (tertiary/aromatic N) is 1. The first-order valence-electron chi connectivity index (χ1n) is 6.11. The molecule has 0 bridgehead atoms. The van der Waals surface area contributed by atoms with Gasteiger partial charge in [0.05, 0.1) is 16.3 Å². The lowest BCUT2D eigenvalue weighted by Gasteiger charge is -2.20. The van der Waals surface area contributed by atoms with E-state index in [1.165, 1.54) is 18.3 Å². The van der Waals surface area contributed by atoms with E-state index in [0.717, 1.165) is 11.8 Å². The van der Waals surface area contributed by atoms with Gasteiger partial charge >= 0.3 is 12.0 Å². The van der Waals surface area contributed by atoms with Crippen molar-refractivity contribution in [1.82, 2.24) is 15.6 Å². The van der Waals surface area contributed by atoms with Crippen molar-refractivity contribution in [2.24, 2.45) is 0 Å². The molecule has 3 amide bonds. The first kappa shape index (κ1) is 17.0. The molecule has 114 valence electrons. The van der Waals surface area contributed by atoms with E-state index in [-0.39, 0.29) is 11.3 Å². The smallest absolute Gasteiger partial charge is 0.335 e. The fourth-order valence-electron chi connectivity index (χ4n) is 1.30. The predicted molar refractivity (Wildman–Crippen MR) is 78.3 cm³/mol. The number of amides is 3. The van der Waals surface area contributed by atoms with Crippen molar-refractivity contribution >= 4 is 29.7 Å². The summed E-state index contributed by atoms with van der Waals surface area (Å²) in [6.45, 7) is 5.40. The molecule has 1 aromatic rings. The van der Waals surface area contributed by atoms with Crippen molar-refractivity contribution < 1.29 is 19.5 Å². The van der Waals surface area contributed by atoms with Crippen LogP contribution in [-0.2, 0) is 4.79 Å². The number of imide groups is 1. The zero-order chi connectivity index (χ0) is 16.0. The third-order valence-electron chi connectivity index (χ3n) is 2.07. The highest BCUT2D eigenvalue weighted by Crippen LogP contribution is 2.15. The number of nitrogens with one attached hydrogen (secondary N) is 2. The van der Waals surface area contributed by atoms with Crippen LogP contribution >= 0.6 is 11.8 Å². The molecule has 0 radical (unpaired) electrons. The number of pyridine rings is 1. The summed E-state index contributed by atoms with van der Waals surface area (Å²) in [5.41, 5.74) is -0.340. The zero-order valence-corrected chi connectivity index (χ0v) is 12.8. The summed E-state index contributed by atoms with van der Waals surface area (Å²) in [6, 6.07) is 2.17. The predicted octanol–water partition coefficient (Wildman–Crippen LogP) is 1.50. The molecule has 8 heteroatoms. The molecule has 0 saturated heterocycles. The van der Waals surface area contributed by atoms with E-state index in [9.17, 15) is 14.4 Å². The van der Waals surface area contributed by atoms with Gasteiger partial charge in [0.1, 0.15) is 0 Å².